The van der Waals surface area contributed by atoms with Crippen LogP contribution >= 0.6 is 11.8 Å². The molecule has 0 aliphatic rings. The van der Waals surface area contributed by atoms with Gasteiger partial charge in [0.15, 0.2) is 17.6 Å². The van der Waals surface area contributed by atoms with Crippen molar-refractivity contribution < 1.29 is 19.4 Å². The average Bonchev–Trinajstić information content (AvgIpc) is 3.25. The molecular weight excluding hydrogens is 438 g/mol. The summed E-state index contributed by atoms with van der Waals surface area (Å²) in [6, 6.07) is 25.3. The van der Waals surface area contributed by atoms with Gasteiger partial charge in [0.25, 0.3) is 0 Å². The topological polar surface area (TPSA) is 86.5 Å². The van der Waals surface area contributed by atoms with Crippen molar-refractivity contribution in [1.29, 1.82) is 0 Å². The summed E-state index contributed by atoms with van der Waals surface area (Å²) in [6.07, 6.45) is 0. The van der Waals surface area contributed by atoms with Crippen molar-refractivity contribution in [3.8, 4) is 22.9 Å². The molecule has 0 spiro atoms. The Kier molecular flexibility index (Phi) is 7.26. The molecule has 4 aromatic rings. The van der Waals surface area contributed by atoms with Gasteiger partial charge in [-0.3, -0.25) is 4.57 Å². The standard InChI is InChI=1S/C25H23N3O4S/c1-31-21-11-7-19(8-12-21)17-33-25-27-26-24(28(25)15-18-5-3-2-4-6-18)20-9-13-22(14-10-20)32-16-23(29)30/h2-14H,15-17H2,1H3,(H,29,30). The maximum Gasteiger partial charge on any atom is 0.341 e. The van der Waals surface area contributed by atoms with Crippen molar-refractivity contribution in [2.45, 2.75) is 17.5 Å². The SMILES string of the molecule is COc1ccc(CSc2nnc(-c3ccc(OCC(=O)O)cc3)n2Cc2ccccc2)cc1. The van der Waals surface area contributed by atoms with E-state index in [1.807, 2.05) is 54.6 Å². The number of ether oxygens (including phenoxy) is 2. The highest BCUT2D eigenvalue weighted by Crippen LogP contribution is 2.29. The molecule has 3 aromatic carbocycles. The van der Waals surface area contributed by atoms with E-state index in [9.17, 15) is 4.79 Å². The number of methoxy groups -OCH3 is 1. The first-order valence-electron chi connectivity index (χ1n) is 10.3. The van der Waals surface area contributed by atoms with Crippen LogP contribution in [-0.4, -0.2) is 39.6 Å². The van der Waals surface area contributed by atoms with E-state index in [0.29, 0.717) is 12.3 Å². The molecule has 0 bridgehead atoms. The Balaban J connectivity index is 1.58. The van der Waals surface area contributed by atoms with E-state index in [-0.39, 0.29) is 6.61 Å². The molecule has 1 heterocycles. The summed E-state index contributed by atoms with van der Waals surface area (Å²) in [5.41, 5.74) is 3.18. The maximum atomic E-state index is 10.7. The molecule has 33 heavy (non-hydrogen) atoms. The molecule has 168 valence electrons. The number of benzene rings is 3. The fourth-order valence-corrected chi connectivity index (χ4v) is 4.13. The van der Waals surface area contributed by atoms with E-state index in [2.05, 4.69) is 26.9 Å². The zero-order chi connectivity index (χ0) is 23.0. The van der Waals surface area contributed by atoms with Crippen molar-refractivity contribution in [2.75, 3.05) is 13.7 Å². The van der Waals surface area contributed by atoms with E-state index in [1.54, 1.807) is 31.0 Å². The Labute approximate surface area is 196 Å². The lowest BCUT2D eigenvalue weighted by atomic mass is 10.2. The fraction of sp³-hybridized carbons (Fsp3) is 0.160. The van der Waals surface area contributed by atoms with E-state index in [4.69, 9.17) is 14.6 Å². The van der Waals surface area contributed by atoms with Crippen molar-refractivity contribution in [2.24, 2.45) is 0 Å². The van der Waals surface area contributed by atoms with Crippen LogP contribution in [0.4, 0.5) is 0 Å². The van der Waals surface area contributed by atoms with E-state index in [1.165, 1.54) is 0 Å². The van der Waals surface area contributed by atoms with Gasteiger partial charge in [0.2, 0.25) is 0 Å². The second kappa shape index (κ2) is 10.7. The number of aliphatic carboxylic acids is 1. The van der Waals surface area contributed by atoms with Crippen molar-refractivity contribution in [3.05, 3.63) is 90.0 Å². The summed E-state index contributed by atoms with van der Waals surface area (Å²) in [4.78, 5) is 10.7. The predicted molar refractivity (Wildman–Crippen MR) is 127 cm³/mol. The summed E-state index contributed by atoms with van der Waals surface area (Å²) in [6.45, 7) is 0.251. The number of thioether (sulfide) groups is 1. The molecule has 1 aromatic heterocycles. The van der Waals surface area contributed by atoms with Gasteiger partial charge in [-0.15, -0.1) is 10.2 Å². The maximum absolute atomic E-state index is 10.7. The molecule has 0 saturated heterocycles. The molecule has 7 nitrogen and oxygen atoms in total. The van der Waals surface area contributed by atoms with Crippen LogP contribution < -0.4 is 9.47 Å². The second-order valence-corrected chi connectivity index (χ2v) is 8.16. The van der Waals surface area contributed by atoms with Crippen molar-refractivity contribution in [1.82, 2.24) is 14.8 Å². The molecule has 4 rings (SSSR count). The molecule has 0 unspecified atom stereocenters. The number of hydrogen-bond acceptors (Lipinski definition) is 6. The molecule has 8 heteroatoms. The molecule has 0 amide bonds. The van der Waals surface area contributed by atoms with Gasteiger partial charge in [-0.05, 0) is 47.5 Å². The minimum atomic E-state index is -1.01. The molecule has 0 aliphatic heterocycles. The molecule has 1 N–H and O–H groups in total. The van der Waals surface area contributed by atoms with Crippen LogP contribution in [0.1, 0.15) is 11.1 Å². The monoisotopic (exact) mass is 461 g/mol. The highest BCUT2D eigenvalue weighted by molar-refractivity contribution is 7.98. The van der Waals surface area contributed by atoms with Gasteiger partial charge < -0.3 is 14.6 Å². The third-order valence-electron chi connectivity index (χ3n) is 4.90. The molecule has 0 atom stereocenters. The van der Waals surface area contributed by atoms with Gasteiger partial charge in [0, 0.05) is 11.3 Å². The first-order chi connectivity index (χ1) is 16.1. The highest BCUT2D eigenvalue weighted by Gasteiger charge is 2.15. The summed E-state index contributed by atoms with van der Waals surface area (Å²) in [5.74, 6) is 1.79. The van der Waals surface area contributed by atoms with Crippen LogP contribution in [0.25, 0.3) is 11.4 Å². The number of aromatic nitrogens is 3. The van der Waals surface area contributed by atoms with E-state index < -0.39 is 5.97 Å². The minimum absolute atomic E-state index is 0.379. The quantitative estimate of drug-likeness (QED) is 0.341. The van der Waals surface area contributed by atoms with E-state index >= 15 is 0 Å². The van der Waals surface area contributed by atoms with Crippen molar-refractivity contribution in [3.63, 3.8) is 0 Å². The predicted octanol–water partition coefficient (Wildman–Crippen LogP) is 4.76. The van der Waals surface area contributed by atoms with Crippen LogP contribution in [0, 0.1) is 0 Å². The fourth-order valence-electron chi connectivity index (χ4n) is 3.23. The average molecular weight is 462 g/mol. The number of hydrogen-bond donors (Lipinski definition) is 1. The zero-order valence-corrected chi connectivity index (χ0v) is 18.9. The number of carboxylic acids is 1. The summed E-state index contributed by atoms with van der Waals surface area (Å²) >= 11 is 1.62. The van der Waals surface area contributed by atoms with E-state index in [0.717, 1.165) is 39.2 Å². The lowest BCUT2D eigenvalue weighted by Gasteiger charge is -2.11. The third kappa shape index (κ3) is 5.93. The van der Waals surface area contributed by atoms with Crippen molar-refractivity contribution >= 4 is 17.7 Å². The Morgan fingerprint density at radius 3 is 2.27 bits per heavy atom. The molecule has 0 fully saturated rings. The largest absolute Gasteiger partial charge is 0.497 e. The summed E-state index contributed by atoms with van der Waals surface area (Å²) in [5, 5.41) is 18.5. The lowest BCUT2D eigenvalue weighted by molar-refractivity contribution is -0.139. The van der Waals surface area contributed by atoms with Crippen LogP contribution in [0.5, 0.6) is 11.5 Å². The Bertz CT molecular complexity index is 1190. The molecule has 0 radical (unpaired) electrons. The molecular formula is C25H23N3O4S. The molecule has 0 aliphatic carbocycles. The van der Waals surface area contributed by atoms with Gasteiger partial charge in [-0.1, -0.05) is 54.2 Å². The lowest BCUT2D eigenvalue weighted by Crippen LogP contribution is -2.09. The first-order valence-corrected chi connectivity index (χ1v) is 11.3. The minimum Gasteiger partial charge on any atom is -0.497 e. The van der Waals surface area contributed by atoms with Crippen LogP contribution in [0.3, 0.4) is 0 Å². The van der Waals surface area contributed by atoms with Gasteiger partial charge in [-0.25, -0.2) is 4.79 Å². The Hall–Kier alpha value is -3.78. The smallest absolute Gasteiger partial charge is 0.341 e. The number of nitrogens with zero attached hydrogens (tertiary/aromatic N) is 3. The number of carbonyl (C=O) groups is 1. The highest BCUT2D eigenvalue weighted by atomic mass is 32.2. The van der Waals surface area contributed by atoms with Gasteiger partial charge in [0.05, 0.1) is 13.7 Å². The number of rotatable bonds is 10. The Morgan fingerprint density at radius 2 is 1.61 bits per heavy atom. The number of carboxylic acid groups (broad SMARTS) is 1. The van der Waals surface area contributed by atoms with Crippen LogP contribution in [0.2, 0.25) is 0 Å². The first kappa shape index (κ1) is 22.4. The van der Waals surface area contributed by atoms with Gasteiger partial charge in [0.1, 0.15) is 11.5 Å². The van der Waals surface area contributed by atoms with Gasteiger partial charge >= 0.3 is 5.97 Å². The normalized spacial score (nSPS) is 10.7. The molecule has 0 saturated carbocycles. The summed E-state index contributed by atoms with van der Waals surface area (Å²) < 4.78 is 12.6. The van der Waals surface area contributed by atoms with Crippen LogP contribution in [0.15, 0.2) is 84.0 Å². The summed E-state index contributed by atoms with van der Waals surface area (Å²) in [7, 11) is 1.65. The second-order valence-electron chi connectivity index (χ2n) is 7.22. The zero-order valence-electron chi connectivity index (χ0n) is 18.0. The Morgan fingerprint density at radius 1 is 0.909 bits per heavy atom. The van der Waals surface area contributed by atoms with Crippen LogP contribution in [-0.2, 0) is 17.1 Å². The van der Waals surface area contributed by atoms with Gasteiger partial charge in [-0.2, -0.15) is 0 Å². The third-order valence-corrected chi connectivity index (χ3v) is 5.94.